The van der Waals surface area contributed by atoms with Crippen molar-refractivity contribution in [1.29, 1.82) is 0 Å². The van der Waals surface area contributed by atoms with Crippen molar-refractivity contribution in [3.05, 3.63) is 49.0 Å². The van der Waals surface area contributed by atoms with E-state index in [1.54, 1.807) is 11.3 Å². The van der Waals surface area contributed by atoms with Gasteiger partial charge in [-0.05, 0) is 40.2 Å². The zero-order chi connectivity index (χ0) is 11.5. The fourth-order valence-corrected chi connectivity index (χ4v) is 3.24. The summed E-state index contributed by atoms with van der Waals surface area (Å²) in [6, 6.07) is 9.56. The van der Waals surface area contributed by atoms with Crippen LogP contribution in [-0.2, 0) is 6.54 Å². The maximum atomic E-state index is 6.05. The van der Waals surface area contributed by atoms with E-state index in [0.717, 1.165) is 16.0 Å². The van der Waals surface area contributed by atoms with E-state index in [4.69, 9.17) is 23.2 Å². The third kappa shape index (κ3) is 2.92. The van der Waals surface area contributed by atoms with E-state index in [2.05, 4.69) is 27.3 Å². The number of hydrogen-bond donors (Lipinski definition) is 1. The predicted molar refractivity (Wildman–Crippen MR) is 75.8 cm³/mol. The molecule has 5 heteroatoms. The fraction of sp³-hybridized carbons (Fsp3) is 0.0909. The van der Waals surface area contributed by atoms with Gasteiger partial charge in [-0.25, -0.2) is 0 Å². The lowest BCUT2D eigenvalue weighted by atomic mass is 10.3. The first-order chi connectivity index (χ1) is 7.66. The Balaban J connectivity index is 2.10. The predicted octanol–water partition coefficient (Wildman–Crippen LogP) is 5.43. The summed E-state index contributed by atoms with van der Waals surface area (Å²) in [4.78, 5) is 1.22. The Morgan fingerprint density at radius 1 is 1.12 bits per heavy atom. The van der Waals surface area contributed by atoms with Gasteiger partial charge in [0.05, 0.1) is 19.5 Å². The molecular weight excluding hydrogens is 329 g/mol. The van der Waals surface area contributed by atoms with E-state index in [1.165, 1.54) is 4.88 Å². The monoisotopic (exact) mass is 335 g/mol. The van der Waals surface area contributed by atoms with Gasteiger partial charge in [0.25, 0.3) is 0 Å². The molecule has 0 aliphatic heterocycles. The first kappa shape index (κ1) is 12.2. The summed E-state index contributed by atoms with van der Waals surface area (Å²) < 4.78 is 1.12. The summed E-state index contributed by atoms with van der Waals surface area (Å²) >= 11 is 17.2. The quantitative estimate of drug-likeness (QED) is 0.788. The van der Waals surface area contributed by atoms with Crippen LogP contribution in [0.25, 0.3) is 0 Å². The average molecular weight is 337 g/mol. The molecule has 0 amide bonds. The third-order valence-corrected chi connectivity index (χ3v) is 4.28. The summed E-state index contributed by atoms with van der Waals surface area (Å²) in [7, 11) is 0. The summed E-state index contributed by atoms with van der Waals surface area (Å²) in [5, 5.41) is 4.52. The number of hydrogen-bond acceptors (Lipinski definition) is 2. The van der Waals surface area contributed by atoms with Gasteiger partial charge in [0.1, 0.15) is 0 Å². The van der Waals surface area contributed by atoms with Gasteiger partial charge in [-0.3, -0.25) is 0 Å². The second-order valence-corrected chi connectivity index (χ2v) is 6.52. The molecule has 0 saturated heterocycles. The summed E-state index contributed by atoms with van der Waals surface area (Å²) in [5.41, 5.74) is 0.787. The fourth-order valence-electron chi connectivity index (χ4n) is 1.29. The van der Waals surface area contributed by atoms with Crippen molar-refractivity contribution >= 4 is 56.2 Å². The highest BCUT2D eigenvalue weighted by atomic mass is 79.9. The maximum Gasteiger partial charge on any atom is 0.0721 e. The molecule has 2 aromatic rings. The lowest BCUT2D eigenvalue weighted by molar-refractivity contribution is 1.19. The third-order valence-electron chi connectivity index (χ3n) is 2.03. The Hall–Kier alpha value is -0.220. The van der Waals surface area contributed by atoms with Crippen LogP contribution in [0, 0.1) is 0 Å². The molecule has 0 fully saturated rings. The lowest BCUT2D eigenvalue weighted by Gasteiger charge is -2.08. The minimum absolute atomic E-state index is 0.642. The first-order valence-electron chi connectivity index (χ1n) is 4.59. The van der Waals surface area contributed by atoms with E-state index in [-0.39, 0.29) is 0 Å². The normalized spacial score (nSPS) is 10.4. The number of benzene rings is 1. The van der Waals surface area contributed by atoms with Gasteiger partial charge < -0.3 is 5.32 Å². The van der Waals surface area contributed by atoms with Crippen LogP contribution in [0.2, 0.25) is 10.0 Å². The van der Waals surface area contributed by atoms with Gasteiger partial charge in [-0.15, -0.1) is 11.3 Å². The van der Waals surface area contributed by atoms with Crippen molar-refractivity contribution in [3.63, 3.8) is 0 Å². The molecule has 0 unspecified atom stereocenters. The second-order valence-electron chi connectivity index (χ2n) is 3.16. The number of anilines is 1. The molecule has 0 radical (unpaired) electrons. The van der Waals surface area contributed by atoms with Gasteiger partial charge in [0, 0.05) is 11.4 Å². The van der Waals surface area contributed by atoms with Crippen LogP contribution in [-0.4, -0.2) is 0 Å². The first-order valence-corrected chi connectivity index (χ1v) is 6.95. The second kappa shape index (κ2) is 5.41. The Morgan fingerprint density at radius 3 is 2.38 bits per heavy atom. The lowest BCUT2D eigenvalue weighted by Crippen LogP contribution is -1.98. The van der Waals surface area contributed by atoms with Crippen LogP contribution in [0.5, 0.6) is 0 Å². The summed E-state index contributed by atoms with van der Waals surface area (Å²) in [5.74, 6) is 0. The molecule has 2 rings (SSSR count). The van der Waals surface area contributed by atoms with Crippen molar-refractivity contribution in [2.75, 3.05) is 5.32 Å². The number of rotatable bonds is 3. The molecule has 0 saturated carbocycles. The molecule has 0 bridgehead atoms. The number of para-hydroxylation sites is 1. The van der Waals surface area contributed by atoms with Crippen LogP contribution in [0.1, 0.15) is 4.88 Å². The Labute approximate surface area is 117 Å². The van der Waals surface area contributed by atoms with E-state index >= 15 is 0 Å². The highest BCUT2D eigenvalue weighted by Gasteiger charge is 2.05. The van der Waals surface area contributed by atoms with E-state index in [0.29, 0.717) is 10.0 Å². The number of halogens is 3. The van der Waals surface area contributed by atoms with Crippen molar-refractivity contribution in [3.8, 4) is 0 Å². The molecule has 1 aromatic carbocycles. The van der Waals surface area contributed by atoms with Gasteiger partial charge in [0.15, 0.2) is 0 Å². The minimum Gasteiger partial charge on any atom is -0.378 e. The summed E-state index contributed by atoms with van der Waals surface area (Å²) in [6.07, 6.45) is 0. The molecule has 0 aliphatic carbocycles. The smallest absolute Gasteiger partial charge is 0.0721 e. The van der Waals surface area contributed by atoms with Crippen LogP contribution in [0.15, 0.2) is 34.1 Å². The molecule has 1 aromatic heterocycles. The van der Waals surface area contributed by atoms with Crippen LogP contribution >= 0.6 is 50.5 Å². The maximum absolute atomic E-state index is 6.05. The molecule has 1 nitrogen and oxygen atoms in total. The zero-order valence-corrected chi connectivity index (χ0v) is 12.1. The number of thiophene rings is 1. The highest BCUT2D eigenvalue weighted by Crippen LogP contribution is 2.31. The number of nitrogens with one attached hydrogen (secondary N) is 1. The van der Waals surface area contributed by atoms with E-state index in [1.807, 2.05) is 24.3 Å². The van der Waals surface area contributed by atoms with Crippen molar-refractivity contribution in [2.45, 2.75) is 6.54 Å². The molecule has 0 atom stereocenters. The van der Waals surface area contributed by atoms with E-state index < -0.39 is 0 Å². The Bertz CT molecular complexity index is 478. The summed E-state index contributed by atoms with van der Waals surface area (Å²) in [6.45, 7) is 0.722. The zero-order valence-electron chi connectivity index (χ0n) is 8.14. The average Bonchev–Trinajstić information content (AvgIpc) is 2.63. The molecular formula is C11H8BrCl2NS. The van der Waals surface area contributed by atoms with Gasteiger partial charge in [-0.2, -0.15) is 0 Å². The van der Waals surface area contributed by atoms with Crippen LogP contribution < -0.4 is 5.32 Å². The van der Waals surface area contributed by atoms with E-state index in [9.17, 15) is 0 Å². The molecule has 84 valence electrons. The molecule has 0 aliphatic rings. The van der Waals surface area contributed by atoms with Gasteiger partial charge in [-0.1, -0.05) is 29.3 Å². The standard InChI is InChI=1S/C11H8BrCl2NS/c12-10-5-4-7(16-10)6-15-11-8(13)2-1-3-9(11)14/h1-5,15H,6H2. The topological polar surface area (TPSA) is 12.0 Å². The Morgan fingerprint density at radius 2 is 1.81 bits per heavy atom. The SMILES string of the molecule is Clc1cccc(Cl)c1NCc1ccc(Br)s1. The van der Waals surface area contributed by atoms with Crippen LogP contribution in [0.3, 0.4) is 0 Å². The van der Waals surface area contributed by atoms with Crippen molar-refractivity contribution < 1.29 is 0 Å². The minimum atomic E-state index is 0.642. The largest absolute Gasteiger partial charge is 0.378 e. The van der Waals surface area contributed by atoms with Crippen molar-refractivity contribution in [1.82, 2.24) is 0 Å². The molecule has 0 spiro atoms. The van der Waals surface area contributed by atoms with Crippen molar-refractivity contribution in [2.24, 2.45) is 0 Å². The highest BCUT2D eigenvalue weighted by molar-refractivity contribution is 9.11. The van der Waals surface area contributed by atoms with Crippen LogP contribution in [0.4, 0.5) is 5.69 Å². The molecule has 16 heavy (non-hydrogen) atoms. The van der Waals surface area contributed by atoms with Gasteiger partial charge >= 0.3 is 0 Å². The molecule has 1 heterocycles. The van der Waals surface area contributed by atoms with Gasteiger partial charge in [0.2, 0.25) is 0 Å². The molecule has 1 N–H and O–H groups in total. The Kier molecular flexibility index (Phi) is 4.14.